The van der Waals surface area contributed by atoms with Gasteiger partial charge in [0.25, 0.3) is 5.56 Å². The Morgan fingerprint density at radius 2 is 1.96 bits per heavy atom. The second-order valence-electron chi connectivity index (χ2n) is 4.95. The van der Waals surface area contributed by atoms with E-state index in [4.69, 9.17) is 5.73 Å². The number of hydrogen-bond donors (Lipinski definition) is 3. The van der Waals surface area contributed by atoms with Crippen molar-refractivity contribution in [1.82, 2.24) is 9.55 Å². The van der Waals surface area contributed by atoms with E-state index in [0.717, 1.165) is 9.26 Å². The number of anilines is 2. The average Bonchev–Trinajstić information content (AvgIpc) is 2.50. The molecule has 1 aromatic heterocycles. The van der Waals surface area contributed by atoms with E-state index in [1.165, 1.54) is 4.57 Å². The monoisotopic (exact) mass is 428 g/mol. The first kappa shape index (κ1) is 17.3. The van der Waals surface area contributed by atoms with Crippen molar-refractivity contribution in [1.29, 1.82) is 0 Å². The van der Waals surface area contributed by atoms with E-state index in [1.54, 1.807) is 0 Å². The molecule has 0 spiro atoms. The largest absolute Gasteiger partial charge is 0.384 e. The molecule has 122 valence electrons. The molecule has 0 aliphatic rings. The van der Waals surface area contributed by atoms with Crippen LogP contribution in [0, 0.1) is 3.57 Å². The van der Waals surface area contributed by atoms with Crippen molar-refractivity contribution in [3.8, 4) is 0 Å². The predicted octanol–water partition coefficient (Wildman–Crippen LogP) is 1.43. The Hall–Kier alpha value is -2.10. The van der Waals surface area contributed by atoms with Crippen LogP contribution in [0.1, 0.15) is 23.7 Å². The molecule has 0 bridgehead atoms. The van der Waals surface area contributed by atoms with Gasteiger partial charge in [0.1, 0.15) is 11.4 Å². The molecule has 0 saturated heterocycles. The molecule has 1 heterocycles. The van der Waals surface area contributed by atoms with Crippen molar-refractivity contribution in [3.05, 3.63) is 54.2 Å². The minimum absolute atomic E-state index is 0.0851. The summed E-state index contributed by atoms with van der Waals surface area (Å²) in [4.78, 5) is 38.1. The van der Waals surface area contributed by atoms with Crippen LogP contribution in [0.5, 0.6) is 0 Å². The number of carbonyl (C=O) groups is 1. The third-order valence-corrected chi connectivity index (χ3v) is 3.98. The number of aromatic nitrogens is 2. The molecule has 0 unspecified atom stereocenters. The highest BCUT2D eigenvalue weighted by Crippen LogP contribution is 2.12. The molecule has 0 fully saturated rings. The number of Topliss-reactive ketones (excluding diaryl/α,β-unsaturated/α-hetero) is 1. The molecule has 4 N–H and O–H groups in total. The highest BCUT2D eigenvalue weighted by Gasteiger charge is 2.18. The van der Waals surface area contributed by atoms with Crippen molar-refractivity contribution in [3.63, 3.8) is 0 Å². The van der Waals surface area contributed by atoms with Gasteiger partial charge in [0.15, 0.2) is 5.78 Å². The summed E-state index contributed by atoms with van der Waals surface area (Å²) in [5.74, 6) is -0.554. The lowest BCUT2D eigenvalue weighted by Crippen LogP contribution is -2.37. The fourth-order valence-corrected chi connectivity index (χ4v) is 2.50. The number of nitrogens with zero attached hydrogens (tertiary/aromatic N) is 1. The van der Waals surface area contributed by atoms with Crippen LogP contribution in [0.3, 0.4) is 0 Å². The molecule has 8 heteroatoms. The number of rotatable bonds is 6. The van der Waals surface area contributed by atoms with E-state index in [2.05, 4.69) is 32.9 Å². The van der Waals surface area contributed by atoms with Gasteiger partial charge in [-0.2, -0.15) is 0 Å². The fraction of sp³-hybridized carbons (Fsp3) is 0.267. The number of halogens is 1. The van der Waals surface area contributed by atoms with Gasteiger partial charge in [0.05, 0.1) is 6.54 Å². The first-order valence-corrected chi connectivity index (χ1v) is 8.17. The van der Waals surface area contributed by atoms with Crippen LogP contribution in [0.25, 0.3) is 0 Å². The number of hydrogen-bond acceptors (Lipinski definition) is 5. The lowest BCUT2D eigenvalue weighted by Gasteiger charge is -2.11. The van der Waals surface area contributed by atoms with Gasteiger partial charge >= 0.3 is 5.69 Å². The average molecular weight is 428 g/mol. The third-order valence-electron chi connectivity index (χ3n) is 3.26. The zero-order chi connectivity index (χ0) is 17.0. The van der Waals surface area contributed by atoms with Crippen molar-refractivity contribution in [2.75, 3.05) is 17.6 Å². The number of nitrogens with one attached hydrogen (secondary N) is 2. The molecule has 1 aromatic carbocycles. The van der Waals surface area contributed by atoms with Crippen LogP contribution in [0.2, 0.25) is 0 Å². The van der Waals surface area contributed by atoms with Crippen LogP contribution in [0.15, 0.2) is 33.9 Å². The Kier molecular flexibility index (Phi) is 5.59. The summed E-state index contributed by atoms with van der Waals surface area (Å²) >= 11 is 2.18. The number of H-pyrrole nitrogens is 1. The van der Waals surface area contributed by atoms with Gasteiger partial charge in [0, 0.05) is 15.8 Å². The topological polar surface area (TPSA) is 110 Å². The maximum atomic E-state index is 12.3. The van der Waals surface area contributed by atoms with Gasteiger partial charge in [-0.15, -0.1) is 0 Å². The minimum atomic E-state index is -0.755. The number of benzene rings is 1. The standard InChI is InChI=1S/C15H17IN4O3/c1-2-7-20-13(17)12(14(22)19-15(20)23)11(21)8-18-10-5-3-9(16)4-6-10/h3-6,18H,2,7-8,17H2,1H3,(H,19,22,23). The third kappa shape index (κ3) is 4.01. The van der Waals surface area contributed by atoms with Gasteiger partial charge in [0.2, 0.25) is 0 Å². The smallest absolute Gasteiger partial charge is 0.329 e. The highest BCUT2D eigenvalue weighted by molar-refractivity contribution is 14.1. The molecule has 0 atom stereocenters. The molecule has 0 radical (unpaired) electrons. The Bertz CT molecular complexity index is 824. The van der Waals surface area contributed by atoms with E-state index in [1.807, 2.05) is 31.2 Å². The summed E-state index contributed by atoms with van der Waals surface area (Å²) in [5, 5.41) is 2.94. The minimum Gasteiger partial charge on any atom is -0.384 e. The van der Waals surface area contributed by atoms with E-state index >= 15 is 0 Å². The Balaban J connectivity index is 2.25. The molecule has 0 aliphatic carbocycles. The van der Waals surface area contributed by atoms with Crippen LogP contribution >= 0.6 is 22.6 Å². The SMILES string of the molecule is CCCn1c(N)c(C(=O)CNc2ccc(I)cc2)c(=O)[nH]c1=O. The quantitative estimate of drug-likeness (QED) is 0.477. The Morgan fingerprint density at radius 1 is 1.30 bits per heavy atom. The second kappa shape index (κ2) is 7.44. The maximum Gasteiger partial charge on any atom is 0.329 e. The zero-order valence-electron chi connectivity index (χ0n) is 12.6. The lowest BCUT2D eigenvalue weighted by atomic mass is 10.2. The van der Waals surface area contributed by atoms with Crippen molar-refractivity contribution >= 4 is 39.9 Å². The molecule has 7 nitrogen and oxygen atoms in total. The highest BCUT2D eigenvalue weighted by atomic mass is 127. The van der Waals surface area contributed by atoms with Crippen molar-refractivity contribution in [2.45, 2.75) is 19.9 Å². The number of aromatic amines is 1. The number of nitrogen functional groups attached to an aromatic ring is 1. The lowest BCUT2D eigenvalue weighted by molar-refractivity contribution is 0.100. The number of nitrogens with two attached hydrogens (primary N) is 1. The fourth-order valence-electron chi connectivity index (χ4n) is 2.14. The Morgan fingerprint density at radius 3 is 2.57 bits per heavy atom. The second-order valence-corrected chi connectivity index (χ2v) is 6.20. The predicted molar refractivity (Wildman–Crippen MR) is 98.0 cm³/mol. The van der Waals surface area contributed by atoms with Crippen LogP contribution in [0.4, 0.5) is 11.5 Å². The number of ketones is 1. The van der Waals surface area contributed by atoms with Gasteiger partial charge in [-0.25, -0.2) is 4.79 Å². The van der Waals surface area contributed by atoms with Gasteiger partial charge < -0.3 is 11.1 Å². The Labute approximate surface area is 146 Å². The van der Waals surface area contributed by atoms with E-state index in [0.29, 0.717) is 13.0 Å². The zero-order valence-corrected chi connectivity index (χ0v) is 14.7. The first-order valence-electron chi connectivity index (χ1n) is 7.09. The van der Waals surface area contributed by atoms with E-state index in [-0.39, 0.29) is 17.9 Å². The molecule has 2 rings (SSSR count). The molecular weight excluding hydrogens is 411 g/mol. The van der Waals surface area contributed by atoms with Gasteiger partial charge in [-0.1, -0.05) is 6.92 Å². The van der Waals surface area contributed by atoms with E-state index in [9.17, 15) is 14.4 Å². The van der Waals surface area contributed by atoms with Crippen LogP contribution < -0.4 is 22.3 Å². The van der Waals surface area contributed by atoms with Gasteiger partial charge in [-0.3, -0.25) is 19.1 Å². The molecule has 0 aliphatic heterocycles. The maximum absolute atomic E-state index is 12.3. The van der Waals surface area contributed by atoms with Crippen molar-refractivity contribution < 1.29 is 4.79 Å². The molecule has 0 amide bonds. The summed E-state index contributed by atoms with van der Waals surface area (Å²) in [6, 6.07) is 7.47. The summed E-state index contributed by atoms with van der Waals surface area (Å²) in [6.07, 6.45) is 0.657. The van der Waals surface area contributed by atoms with Crippen LogP contribution in [-0.2, 0) is 6.54 Å². The first-order chi connectivity index (χ1) is 10.9. The molecular formula is C15H17IN4O3. The molecule has 2 aromatic rings. The number of carbonyl (C=O) groups excluding carboxylic acids is 1. The van der Waals surface area contributed by atoms with E-state index < -0.39 is 17.0 Å². The normalized spacial score (nSPS) is 10.5. The summed E-state index contributed by atoms with van der Waals surface area (Å²) in [5.41, 5.74) is 5.07. The summed E-state index contributed by atoms with van der Waals surface area (Å²) in [7, 11) is 0. The van der Waals surface area contributed by atoms with Crippen LogP contribution in [-0.4, -0.2) is 21.9 Å². The van der Waals surface area contributed by atoms with Gasteiger partial charge in [-0.05, 0) is 53.3 Å². The summed E-state index contributed by atoms with van der Waals surface area (Å²) < 4.78 is 2.28. The van der Waals surface area contributed by atoms with Crippen molar-refractivity contribution in [2.24, 2.45) is 0 Å². The molecule has 0 saturated carbocycles. The summed E-state index contributed by atoms with van der Waals surface area (Å²) in [6.45, 7) is 2.13. The molecule has 23 heavy (non-hydrogen) atoms.